The van der Waals surface area contributed by atoms with Crippen LogP contribution in [0.25, 0.3) is 0 Å². The second kappa shape index (κ2) is 13.8. The first-order valence-corrected chi connectivity index (χ1v) is 18.6. The smallest absolute Gasteiger partial charge is 0.254 e. The van der Waals surface area contributed by atoms with Crippen molar-refractivity contribution in [1.82, 2.24) is 15.1 Å². The van der Waals surface area contributed by atoms with E-state index < -0.39 is 32.9 Å². The molecule has 0 bridgehead atoms. The molecule has 3 aromatic carbocycles. The Hall–Kier alpha value is -2.31. The number of hydrogen-bond donors (Lipinski definition) is 2. The fourth-order valence-corrected chi connectivity index (χ4v) is 8.19. The maximum atomic E-state index is 14.3. The monoisotopic (exact) mass is 664 g/mol. The van der Waals surface area contributed by atoms with E-state index in [1.807, 2.05) is 59.5 Å². The summed E-state index contributed by atoms with van der Waals surface area (Å²) in [6.45, 7) is 0.632. The van der Waals surface area contributed by atoms with Crippen molar-refractivity contribution >= 4 is 49.9 Å². The van der Waals surface area contributed by atoms with E-state index in [1.54, 1.807) is 18.4 Å². The molecule has 1 heterocycles. The van der Waals surface area contributed by atoms with Crippen LogP contribution in [-0.4, -0.2) is 50.4 Å². The van der Waals surface area contributed by atoms with Crippen LogP contribution >= 0.6 is 23.2 Å². The summed E-state index contributed by atoms with van der Waals surface area (Å²) >= 11 is 13.1. The molecule has 5 rings (SSSR count). The number of fused-ring (bicyclic) bond motifs is 1. The van der Waals surface area contributed by atoms with E-state index in [-0.39, 0.29) is 24.5 Å². The lowest BCUT2D eigenvalue weighted by atomic mass is 9.77. The fourth-order valence-electron chi connectivity index (χ4n) is 6.27. The van der Waals surface area contributed by atoms with Crippen LogP contribution in [0.15, 0.2) is 71.6 Å². The number of rotatable bonds is 10. The normalized spacial score (nSPS) is 23.2. The van der Waals surface area contributed by atoms with E-state index in [2.05, 4.69) is 10.2 Å². The summed E-state index contributed by atoms with van der Waals surface area (Å²) in [4.78, 5) is 22.9. The van der Waals surface area contributed by atoms with Crippen molar-refractivity contribution < 1.29 is 22.3 Å². The number of nitrogens with zero attached hydrogens (tertiary/aromatic N) is 1. The number of halogens is 2. The van der Waals surface area contributed by atoms with Crippen molar-refractivity contribution in [2.75, 3.05) is 19.1 Å². The molecule has 1 aliphatic heterocycles. The number of thiol groups is 1. The molecule has 8 nitrogen and oxygen atoms in total. The highest BCUT2D eigenvalue weighted by atomic mass is 35.5. The zero-order valence-electron chi connectivity index (χ0n) is 24.0. The quantitative estimate of drug-likeness (QED) is 0.128. The van der Waals surface area contributed by atoms with E-state index in [4.69, 9.17) is 28.0 Å². The summed E-state index contributed by atoms with van der Waals surface area (Å²) in [5.74, 6) is -0.440. The highest BCUT2D eigenvalue weighted by Gasteiger charge is 2.47. The first kappa shape index (κ1) is 32.1. The molecule has 1 saturated carbocycles. The van der Waals surface area contributed by atoms with Crippen LogP contribution < -0.4 is 10.2 Å². The standard InChI is InChI=1S/C31H35Cl2N3O5S2/c1-42(38)22-14-11-20(12-15-22)19-41-34-18-26-23-7-3-4-8-24(23)31(37)36(30(26)25-16-13-21(32)17-27(25)33)29-10-6-5-9-28(29)35-43(2,39)40/h3-4,7-8,11-17,26,28-30,34-35H,5-6,9-10,18-19H2,1-2H3/p+1/t26-,28+,29+,30+,42?/m1/s1. The van der Waals surface area contributed by atoms with Crippen molar-refractivity contribution in [3.63, 3.8) is 0 Å². The molecule has 12 heteroatoms. The highest BCUT2D eigenvalue weighted by molar-refractivity contribution is 7.88. The summed E-state index contributed by atoms with van der Waals surface area (Å²) in [5.41, 5.74) is 6.20. The summed E-state index contributed by atoms with van der Waals surface area (Å²) in [6.07, 6.45) is 5.84. The molecule has 1 unspecified atom stereocenters. The molecule has 1 amide bonds. The van der Waals surface area contributed by atoms with Gasteiger partial charge in [0, 0.05) is 40.2 Å². The van der Waals surface area contributed by atoms with Gasteiger partial charge in [-0.2, -0.15) is 0 Å². The number of carbonyl (C=O) groups is 1. The second-order valence-corrected chi connectivity index (χ2v) is 15.3. The first-order chi connectivity index (χ1) is 20.5. The van der Waals surface area contributed by atoms with Crippen molar-refractivity contribution in [3.05, 3.63) is 99.0 Å². The van der Waals surface area contributed by atoms with Crippen LogP contribution in [0.4, 0.5) is 0 Å². The predicted molar refractivity (Wildman–Crippen MR) is 171 cm³/mol. The maximum Gasteiger partial charge on any atom is 0.254 e. The van der Waals surface area contributed by atoms with E-state index in [9.17, 15) is 17.4 Å². The van der Waals surface area contributed by atoms with Gasteiger partial charge in [0.2, 0.25) is 10.0 Å². The van der Waals surface area contributed by atoms with Gasteiger partial charge < -0.3 is 4.90 Å². The predicted octanol–water partition coefficient (Wildman–Crippen LogP) is 5.54. The lowest BCUT2D eigenvalue weighted by Gasteiger charge is -2.49. The lowest BCUT2D eigenvalue weighted by Crippen LogP contribution is -2.58. The van der Waals surface area contributed by atoms with Crippen LogP contribution in [-0.2, 0) is 36.5 Å². The van der Waals surface area contributed by atoms with Crippen LogP contribution in [0.3, 0.4) is 0 Å². The summed E-state index contributed by atoms with van der Waals surface area (Å²) in [6, 6.07) is 18.9. The van der Waals surface area contributed by atoms with E-state index in [1.165, 1.54) is 0 Å². The molecule has 0 saturated heterocycles. The van der Waals surface area contributed by atoms with Gasteiger partial charge in [-0.15, -0.1) is 4.21 Å². The summed E-state index contributed by atoms with van der Waals surface area (Å²) in [7, 11) is -4.92. The number of sulfonamides is 1. The number of nitrogens with one attached hydrogen (secondary N) is 2. The van der Waals surface area contributed by atoms with Gasteiger partial charge in [0.1, 0.15) is 17.1 Å². The van der Waals surface area contributed by atoms with E-state index >= 15 is 0 Å². The molecule has 230 valence electrons. The Balaban J connectivity index is 1.50. The molecule has 1 fully saturated rings. The minimum absolute atomic E-state index is 0.162. The molecular formula is C31H36Cl2N3O5S2+. The topological polar surface area (TPSA) is 105 Å². The molecule has 0 aromatic heterocycles. The van der Waals surface area contributed by atoms with Crippen LogP contribution in [0.2, 0.25) is 10.0 Å². The Labute approximate surface area is 265 Å². The Morgan fingerprint density at radius 3 is 2.42 bits per heavy atom. The van der Waals surface area contributed by atoms with Gasteiger partial charge >= 0.3 is 0 Å². The van der Waals surface area contributed by atoms with Crippen molar-refractivity contribution in [2.45, 2.75) is 61.2 Å². The Morgan fingerprint density at radius 1 is 1.00 bits per heavy atom. The van der Waals surface area contributed by atoms with E-state index in [0.29, 0.717) is 35.0 Å². The van der Waals surface area contributed by atoms with Crippen LogP contribution in [0.5, 0.6) is 0 Å². The third-order valence-corrected chi connectivity index (χ3v) is 10.5. The number of carbonyl (C=O) groups excluding carboxylic acids is 1. The number of hydroxylamine groups is 1. The van der Waals surface area contributed by atoms with Crippen LogP contribution in [0, 0.1) is 0 Å². The van der Waals surface area contributed by atoms with Gasteiger partial charge in [0.25, 0.3) is 5.91 Å². The molecule has 2 N–H and O–H groups in total. The van der Waals surface area contributed by atoms with Gasteiger partial charge in [-0.25, -0.2) is 18.6 Å². The molecule has 2 aliphatic rings. The molecule has 1 aliphatic carbocycles. The van der Waals surface area contributed by atoms with Gasteiger partial charge in [-0.1, -0.05) is 72.4 Å². The molecule has 0 radical (unpaired) electrons. The van der Waals surface area contributed by atoms with Gasteiger partial charge in [0.15, 0.2) is 4.90 Å². The average Bonchev–Trinajstić information content (AvgIpc) is 2.96. The van der Waals surface area contributed by atoms with Crippen molar-refractivity contribution in [2.24, 2.45) is 0 Å². The number of amides is 1. The minimum atomic E-state index is -3.51. The van der Waals surface area contributed by atoms with Gasteiger partial charge in [-0.05, 0) is 59.9 Å². The Bertz CT molecular complexity index is 1600. The van der Waals surface area contributed by atoms with Crippen molar-refractivity contribution in [1.29, 1.82) is 0 Å². The van der Waals surface area contributed by atoms with Gasteiger partial charge in [0.05, 0.1) is 18.9 Å². The van der Waals surface area contributed by atoms with Gasteiger partial charge in [-0.3, -0.25) is 9.63 Å². The summed E-state index contributed by atoms with van der Waals surface area (Å²) in [5, 5.41) is 0.909. The third kappa shape index (κ3) is 7.50. The zero-order valence-corrected chi connectivity index (χ0v) is 27.2. The highest BCUT2D eigenvalue weighted by Crippen LogP contribution is 2.47. The average molecular weight is 666 g/mol. The molecular weight excluding hydrogens is 629 g/mol. The van der Waals surface area contributed by atoms with Crippen LogP contribution in [0.1, 0.15) is 64.7 Å². The molecule has 0 spiro atoms. The number of hydrogen-bond acceptors (Lipinski definition) is 6. The first-order valence-electron chi connectivity index (χ1n) is 14.2. The zero-order chi connectivity index (χ0) is 30.7. The molecule has 43 heavy (non-hydrogen) atoms. The fraction of sp³-hybridized carbons (Fsp3) is 0.387. The summed E-state index contributed by atoms with van der Waals surface area (Å²) < 4.78 is 39.3. The minimum Gasteiger partial charge on any atom is -0.326 e. The SMILES string of the molecule is C[SH+](=O)c1ccc(CONC[C@@H]2c3ccccc3C(=O)N([C@H]3CCCC[C@@H]3NS(C)(=O)=O)[C@H]2c2ccc(Cl)cc2Cl)cc1. The molecule has 3 aromatic rings. The lowest BCUT2D eigenvalue weighted by molar-refractivity contribution is 0.00712. The molecule has 5 atom stereocenters. The largest absolute Gasteiger partial charge is 0.326 e. The second-order valence-electron chi connectivity index (χ2n) is 11.2. The Morgan fingerprint density at radius 2 is 1.72 bits per heavy atom. The number of benzene rings is 3. The maximum absolute atomic E-state index is 14.3. The third-order valence-electron chi connectivity index (χ3n) is 8.18. The van der Waals surface area contributed by atoms with Crippen molar-refractivity contribution in [3.8, 4) is 0 Å². The Kier molecular flexibility index (Phi) is 10.3. The van der Waals surface area contributed by atoms with E-state index in [0.717, 1.165) is 40.7 Å².